The zero-order valence-corrected chi connectivity index (χ0v) is 23.9. The third-order valence-corrected chi connectivity index (χ3v) is 9.41. The lowest BCUT2D eigenvalue weighted by atomic mass is 9.84. The predicted molar refractivity (Wildman–Crippen MR) is 154 cm³/mol. The molecule has 1 aromatic carbocycles. The van der Waals surface area contributed by atoms with Gasteiger partial charge in [0.2, 0.25) is 0 Å². The minimum Gasteiger partial charge on any atom is -0.478 e. The van der Waals surface area contributed by atoms with E-state index in [0.29, 0.717) is 47.0 Å². The molecule has 0 bridgehead atoms. The SMILES string of the molecule is Cc1nc(C(=O)NC2CC2)cnc1N1CCN(C2CCN(Cc3ccc(Cl)cc3C(=O)O)CC2)[C@@H]2CCCC[C@@H]21. The van der Waals surface area contributed by atoms with Gasteiger partial charge >= 0.3 is 5.97 Å². The highest BCUT2D eigenvalue weighted by Crippen LogP contribution is 2.36. The van der Waals surface area contributed by atoms with Crippen LogP contribution in [-0.2, 0) is 6.54 Å². The Labute approximate surface area is 240 Å². The molecule has 2 aromatic rings. The molecule has 0 radical (unpaired) electrons. The smallest absolute Gasteiger partial charge is 0.336 e. The fraction of sp³-hybridized carbons (Fsp3) is 0.600. The number of nitrogens with zero attached hydrogens (tertiary/aromatic N) is 5. The van der Waals surface area contributed by atoms with E-state index in [1.807, 2.05) is 13.0 Å². The number of hydrogen-bond acceptors (Lipinski definition) is 7. The molecule has 2 saturated carbocycles. The summed E-state index contributed by atoms with van der Waals surface area (Å²) in [6.07, 6.45) is 10.8. The molecule has 4 fully saturated rings. The standard InChI is InChI=1S/C30H39ClN6O3/c1-19-28(32-17-25(33-19)29(38)34-22-8-9-22)37-15-14-36(26-4-2-3-5-27(26)37)23-10-12-35(13-11-23)18-20-6-7-21(31)16-24(20)30(39)40/h6-7,16-17,22-23,26-27H,2-5,8-15,18H2,1H3,(H,34,38)(H,39,40)/t26-,27+/m1/s1. The number of carbonyl (C=O) groups is 2. The van der Waals surface area contributed by atoms with Crippen LogP contribution in [0.5, 0.6) is 0 Å². The van der Waals surface area contributed by atoms with Crippen LogP contribution in [0, 0.1) is 6.92 Å². The number of aryl methyl sites for hydroxylation is 1. The Morgan fingerprint density at radius 2 is 1.77 bits per heavy atom. The van der Waals surface area contributed by atoms with Crippen LogP contribution in [0.1, 0.15) is 83.5 Å². The third kappa shape index (κ3) is 5.83. The molecule has 9 nitrogen and oxygen atoms in total. The summed E-state index contributed by atoms with van der Waals surface area (Å²) in [5, 5.41) is 13.1. The zero-order valence-electron chi connectivity index (χ0n) is 23.2. The van der Waals surface area contributed by atoms with Gasteiger partial charge in [-0.3, -0.25) is 14.6 Å². The number of carbonyl (C=O) groups excluding carboxylic acids is 1. The Balaban J connectivity index is 1.10. The summed E-state index contributed by atoms with van der Waals surface area (Å²) in [7, 11) is 0. The lowest BCUT2D eigenvalue weighted by Crippen LogP contribution is -2.64. The first-order valence-corrected chi connectivity index (χ1v) is 15.2. The van der Waals surface area contributed by atoms with E-state index >= 15 is 0 Å². The van der Waals surface area contributed by atoms with Gasteiger partial charge in [0.1, 0.15) is 11.5 Å². The molecule has 2 atom stereocenters. The summed E-state index contributed by atoms with van der Waals surface area (Å²) in [4.78, 5) is 41.3. The lowest BCUT2D eigenvalue weighted by molar-refractivity contribution is 0.0298. The first-order valence-electron chi connectivity index (χ1n) is 14.8. The zero-order chi connectivity index (χ0) is 27.8. The van der Waals surface area contributed by atoms with E-state index in [-0.39, 0.29) is 5.91 Å². The van der Waals surface area contributed by atoms with Gasteiger partial charge in [0.05, 0.1) is 17.5 Å². The minimum atomic E-state index is -0.926. The second-order valence-electron chi connectivity index (χ2n) is 11.9. The number of nitrogens with one attached hydrogen (secondary N) is 1. The summed E-state index contributed by atoms with van der Waals surface area (Å²) < 4.78 is 0. The number of piperidine rings is 1. The highest BCUT2D eigenvalue weighted by molar-refractivity contribution is 6.31. The summed E-state index contributed by atoms with van der Waals surface area (Å²) in [6, 6.07) is 6.92. The van der Waals surface area contributed by atoms with Crippen molar-refractivity contribution in [2.75, 3.05) is 31.1 Å². The Hall–Kier alpha value is -2.75. The summed E-state index contributed by atoms with van der Waals surface area (Å²) >= 11 is 6.05. The molecular weight excluding hydrogens is 528 g/mol. The topological polar surface area (TPSA) is 102 Å². The van der Waals surface area contributed by atoms with Gasteiger partial charge in [0, 0.05) is 48.8 Å². The van der Waals surface area contributed by atoms with Gasteiger partial charge in [0.15, 0.2) is 0 Å². The number of amides is 1. The maximum absolute atomic E-state index is 12.5. The second kappa shape index (κ2) is 11.6. The average Bonchev–Trinajstić information content (AvgIpc) is 3.78. The molecule has 214 valence electrons. The van der Waals surface area contributed by atoms with Crippen molar-refractivity contribution < 1.29 is 14.7 Å². The number of anilines is 1. The summed E-state index contributed by atoms with van der Waals surface area (Å²) in [6.45, 7) is 6.44. The minimum absolute atomic E-state index is 0.119. The number of rotatable bonds is 7. The lowest BCUT2D eigenvalue weighted by Gasteiger charge is -2.54. The van der Waals surface area contributed by atoms with Crippen molar-refractivity contribution >= 4 is 29.3 Å². The number of piperazine rings is 1. The molecule has 3 heterocycles. The van der Waals surface area contributed by atoms with Crippen LogP contribution >= 0.6 is 11.6 Å². The largest absolute Gasteiger partial charge is 0.478 e. The van der Waals surface area contributed by atoms with E-state index in [1.54, 1.807) is 18.3 Å². The molecular formula is C30H39ClN6O3. The maximum Gasteiger partial charge on any atom is 0.336 e. The number of likely N-dealkylation sites (tertiary alicyclic amines) is 1. The van der Waals surface area contributed by atoms with Gasteiger partial charge in [-0.05, 0) is 76.2 Å². The van der Waals surface area contributed by atoms with Crippen molar-refractivity contribution in [1.29, 1.82) is 0 Å². The fourth-order valence-corrected chi connectivity index (χ4v) is 7.17. The number of aromatic carboxylic acids is 1. The maximum atomic E-state index is 12.5. The number of halogens is 1. The van der Waals surface area contributed by atoms with E-state index in [0.717, 1.165) is 75.4 Å². The van der Waals surface area contributed by atoms with E-state index < -0.39 is 5.97 Å². The summed E-state index contributed by atoms with van der Waals surface area (Å²) in [5.41, 5.74) is 2.36. The second-order valence-corrected chi connectivity index (χ2v) is 12.3. The van der Waals surface area contributed by atoms with Gasteiger partial charge in [-0.2, -0.15) is 0 Å². The number of aromatic nitrogens is 2. The Morgan fingerprint density at radius 1 is 1.02 bits per heavy atom. The number of carboxylic acid groups (broad SMARTS) is 1. The predicted octanol–water partition coefficient (Wildman–Crippen LogP) is 4.13. The van der Waals surface area contributed by atoms with Crippen LogP contribution in [0.25, 0.3) is 0 Å². The van der Waals surface area contributed by atoms with Crippen LogP contribution in [-0.4, -0.2) is 87.1 Å². The Bertz CT molecular complexity index is 1260. The molecule has 2 aliphatic heterocycles. The normalized spacial score (nSPS) is 24.5. The Morgan fingerprint density at radius 3 is 2.48 bits per heavy atom. The molecule has 1 amide bonds. The summed E-state index contributed by atoms with van der Waals surface area (Å²) in [5.74, 6) is -0.122. The third-order valence-electron chi connectivity index (χ3n) is 9.18. The van der Waals surface area contributed by atoms with E-state index in [4.69, 9.17) is 16.6 Å². The van der Waals surface area contributed by atoms with Crippen LogP contribution in [0.4, 0.5) is 5.82 Å². The van der Waals surface area contributed by atoms with Gasteiger partial charge in [-0.25, -0.2) is 14.8 Å². The molecule has 2 aliphatic carbocycles. The molecule has 2 N–H and O–H groups in total. The molecule has 40 heavy (non-hydrogen) atoms. The van der Waals surface area contributed by atoms with Gasteiger partial charge < -0.3 is 15.3 Å². The van der Waals surface area contributed by atoms with Crippen molar-refractivity contribution in [2.24, 2.45) is 0 Å². The van der Waals surface area contributed by atoms with Crippen molar-refractivity contribution in [1.82, 2.24) is 25.1 Å². The van der Waals surface area contributed by atoms with Gasteiger partial charge in [-0.15, -0.1) is 0 Å². The molecule has 2 saturated heterocycles. The number of hydrogen-bond donors (Lipinski definition) is 2. The van der Waals surface area contributed by atoms with Crippen LogP contribution in [0.2, 0.25) is 5.02 Å². The molecule has 6 rings (SSSR count). The van der Waals surface area contributed by atoms with E-state index in [1.165, 1.54) is 19.3 Å². The van der Waals surface area contributed by atoms with E-state index in [9.17, 15) is 14.7 Å². The van der Waals surface area contributed by atoms with Crippen LogP contribution < -0.4 is 10.2 Å². The molecule has 0 unspecified atom stereocenters. The molecule has 1 aromatic heterocycles. The number of fused-ring (bicyclic) bond motifs is 1. The molecule has 10 heteroatoms. The van der Waals surface area contributed by atoms with E-state index in [2.05, 4.69) is 25.0 Å². The number of carboxylic acids is 1. The van der Waals surface area contributed by atoms with Crippen molar-refractivity contribution in [3.8, 4) is 0 Å². The van der Waals surface area contributed by atoms with Crippen molar-refractivity contribution in [3.05, 3.63) is 51.9 Å². The molecule has 4 aliphatic rings. The average molecular weight is 567 g/mol. The monoisotopic (exact) mass is 566 g/mol. The molecule has 0 spiro atoms. The highest BCUT2D eigenvalue weighted by Gasteiger charge is 2.42. The first kappa shape index (κ1) is 27.4. The van der Waals surface area contributed by atoms with Crippen molar-refractivity contribution in [2.45, 2.75) is 89.0 Å². The van der Waals surface area contributed by atoms with Gasteiger partial charge in [0.25, 0.3) is 5.91 Å². The first-order chi connectivity index (χ1) is 19.4. The van der Waals surface area contributed by atoms with Gasteiger partial charge in [-0.1, -0.05) is 30.5 Å². The van der Waals surface area contributed by atoms with Crippen LogP contribution in [0.15, 0.2) is 24.4 Å². The van der Waals surface area contributed by atoms with Crippen LogP contribution in [0.3, 0.4) is 0 Å². The van der Waals surface area contributed by atoms with Crippen molar-refractivity contribution in [3.63, 3.8) is 0 Å². The quantitative estimate of drug-likeness (QED) is 0.516. The highest BCUT2D eigenvalue weighted by atomic mass is 35.5. The number of benzene rings is 1. The fourth-order valence-electron chi connectivity index (χ4n) is 7.00. The Kier molecular flexibility index (Phi) is 7.97.